The van der Waals surface area contributed by atoms with Gasteiger partial charge in [0, 0.05) is 13.0 Å². The summed E-state index contributed by atoms with van der Waals surface area (Å²) in [6.45, 7) is 3.60. The van der Waals surface area contributed by atoms with Gasteiger partial charge in [0.1, 0.15) is 13.2 Å². The minimum absolute atomic E-state index is 0. The molecule has 0 radical (unpaired) electrons. The maximum atomic E-state index is 11.9. The first-order valence-corrected chi connectivity index (χ1v) is 8.15. The second-order valence-corrected chi connectivity index (χ2v) is 6.18. The fraction of sp³-hybridized carbons (Fsp3) is 0.562. The van der Waals surface area contributed by atoms with Crippen molar-refractivity contribution in [1.82, 2.24) is 10.6 Å². The highest BCUT2D eigenvalue weighted by Crippen LogP contribution is 2.38. The Morgan fingerprint density at radius 3 is 2.96 bits per heavy atom. The van der Waals surface area contributed by atoms with E-state index in [2.05, 4.69) is 10.6 Å². The van der Waals surface area contributed by atoms with E-state index >= 15 is 0 Å². The van der Waals surface area contributed by atoms with Crippen LogP contribution < -0.4 is 20.1 Å². The second-order valence-electron chi connectivity index (χ2n) is 5.78. The van der Waals surface area contributed by atoms with Gasteiger partial charge in [-0.2, -0.15) is 0 Å². The number of rotatable bonds is 5. The predicted molar refractivity (Wildman–Crippen MR) is 91.7 cm³/mol. The molecule has 23 heavy (non-hydrogen) atoms. The number of hydrogen-bond acceptors (Lipinski definition) is 4. The number of hydrogen-bond donors (Lipinski definition) is 2. The van der Waals surface area contributed by atoms with Gasteiger partial charge < -0.3 is 20.1 Å². The molecule has 1 saturated heterocycles. The van der Waals surface area contributed by atoms with Gasteiger partial charge in [-0.15, -0.1) is 12.4 Å². The van der Waals surface area contributed by atoms with E-state index in [0.717, 1.165) is 25.1 Å². The molecule has 2 N–H and O–H groups in total. The van der Waals surface area contributed by atoms with Gasteiger partial charge in [0.2, 0.25) is 5.91 Å². The highest BCUT2D eigenvalue weighted by Gasteiger charge is 2.18. The van der Waals surface area contributed by atoms with Gasteiger partial charge in [0.05, 0.1) is 5.02 Å². The average Bonchev–Trinajstić information content (AvgIpc) is 3.04. The van der Waals surface area contributed by atoms with E-state index in [9.17, 15) is 4.79 Å². The van der Waals surface area contributed by atoms with Gasteiger partial charge >= 0.3 is 0 Å². The van der Waals surface area contributed by atoms with Crippen molar-refractivity contribution in [3.05, 3.63) is 22.7 Å². The molecule has 0 saturated carbocycles. The molecule has 0 spiro atoms. The quantitative estimate of drug-likeness (QED) is 0.846. The Balaban J connectivity index is 0.00000192. The van der Waals surface area contributed by atoms with E-state index < -0.39 is 0 Å². The van der Waals surface area contributed by atoms with Crippen molar-refractivity contribution in [2.45, 2.75) is 25.8 Å². The molecule has 1 aromatic rings. The normalized spacial score (nSPS) is 19.1. The summed E-state index contributed by atoms with van der Waals surface area (Å²) < 4.78 is 11.0. The van der Waals surface area contributed by atoms with Gasteiger partial charge in [-0.05, 0) is 49.5 Å². The lowest BCUT2D eigenvalue weighted by atomic mass is 10.0. The molecular formula is C16H22Cl2N2O3. The maximum Gasteiger partial charge on any atom is 0.220 e. The Bertz CT molecular complexity index is 548. The predicted octanol–water partition coefficient (Wildman–Crippen LogP) is 2.54. The zero-order valence-electron chi connectivity index (χ0n) is 12.9. The van der Waals surface area contributed by atoms with Crippen molar-refractivity contribution < 1.29 is 14.3 Å². The third-order valence-electron chi connectivity index (χ3n) is 4.09. The van der Waals surface area contributed by atoms with E-state index in [1.807, 2.05) is 12.1 Å². The van der Waals surface area contributed by atoms with Crippen molar-refractivity contribution in [2.75, 3.05) is 26.3 Å². The lowest BCUT2D eigenvalue weighted by molar-refractivity contribution is -0.121. The molecule has 0 bridgehead atoms. The SMILES string of the molecule is Cl.O=C(CCC1CCNC1)NCc1cc(Cl)c2c(c1)OCCO2. The van der Waals surface area contributed by atoms with Crippen LogP contribution in [0.4, 0.5) is 0 Å². The summed E-state index contributed by atoms with van der Waals surface area (Å²) in [6.07, 6.45) is 2.69. The highest BCUT2D eigenvalue weighted by atomic mass is 35.5. The van der Waals surface area contributed by atoms with Crippen LogP contribution >= 0.6 is 24.0 Å². The van der Waals surface area contributed by atoms with Crippen LogP contribution in [0.25, 0.3) is 0 Å². The van der Waals surface area contributed by atoms with E-state index in [1.165, 1.54) is 6.42 Å². The zero-order valence-corrected chi connectivity index (χ0v) is 14.5. The highest BCUT2D eigenvalue weighted by molar-refractivity contribution is 6.32. The van der Waals surface area contributed by atoms with Crippen LogP contribution in [0.3, 0.4) is 0 Å². The summed E-state index contributed by atoms with van der Waals surface area (Å²) in [5.74, 6) is 1.96. The van der Waals surface area contributed by atoms with Gasteiger partial charge in [0.25, 0.3) is 0 Å². The first kappa shape index (κ1) is 18.2. The first-order chi connectivity index (χ1) is 10.7. The first-order valence-electron chi connectivity index (χ1n) is 7.78. The number of ether oxygens (including phenoxy) is 2. The van der Waals surface area contributed by atoms with Crippen molar-refractivity contribution in [2.24, 2.45) is 5.92 Å². The molecule has 1 fully saturated rings. The molecule has 1 amide bonds. The Morgan fingerprint density at radius 2 is 2.17 bits per heavy atom. The Labute approximate surface area is 147 Å². The number of fused-ring (bicyclic) bond motifs is 1. The molecule has 2 aliphatic heterocycles. The van der Waals surface area contributed by atoms with E-state index in [4.69, 9.17) is 21.1 Å². The summed E-state index contributed by atoms with van der Waals surface area (Å²) in [7, 11) is 0. The second kappa shape index (κ2) is 8.62. The Hall–Kier alpha value is -1.17. The van der Waals surface area contributed by atoms with Crippen LogP contribution in [-0.4, -0.2) is 32.2 Å². The number of nitrogens with one attached hydrogen (secondary N) is 2. The molecule has 0 aromatic heterocycles. The molecule has 1 unspecified atom stereocenters. The number of carbonyl (C=O) groups is 1. The molecule has 3 rings (SSSR count). The summed E-state index contributed by atoms with van der Waals surface area (Å²) in [4.78, 5) is 11.9. The Kier molecular flexibility index (Phi) is 6.81. The third kappa shape index (κ3) is 4.90. The summed E-state index contributed by atoms with van der Waals surface area (Å²) in [5.41, 5.74) is 0.921. The van der Waals surface area contributed by atoms with Gasteiger partial charge in [-0.1, -0.05) is 11.6 Å². The fourth-order valence-corrected chi connectivity index (χ4v) is 3.14. The summed E-state index contributed by atoms with van der Waals surface area (Å²) >= 11 is 6.19. The average molecular weight is 361 g/mol. The van der Waals surface area contributed by atoms with Crippen LogP contribution in [0.1, 0.15) is 24.8 Å². The van der Waals surface area contributed by atoms with Gasteiger partial charge in [0.15, 0.2) is 11.5 Å². The molecule has 0 aliphatic carbocycles. The molecule has 1 atom stereocenters. The Morgan fingerprint density at radius 1 is 1.35 bits per heavy atom. The molecule has 5 nitrogen and oxygen atoms in total. The topological polar surface area (TPSA) is 59.6 Å². The molecule has 7 heteroatoms. The zero-order chi connectivity index (χ0) is 15.4. The number of carbonyl (C=O) groups excluding carboxylic acids is 1. The molecule has 1 aromatic carbocycles. The van der Waals surface area contributed by atoms with Gasteiger partial charge in [-0.25, -0.2) is 0 Å². The largest absolute Gasteiger partial charge is 0.486 e. The van der Waals surface area contributed by atoms with Crippen LogP contribution in [-0.2, 0) is 11.3 Å². The molecular weight excluding hydrogens is 339 g/mol. The summed E-state index contributed by atoms with van der Waals surface area (Å²) in [6, 6.07) is 3.69. The van der Waals surface area contributed by atoms with Crippen LogP contribution in [0.15, 0.2) is 12.1 Å². The minimum atomic E-state index is 0. The smallest absolute Gasteiger partial charge is 0.220 e. The van der Waals surface area contributed by atoms with Crippen molar-refractivity contribution in [3.63, 3.8) is 0 Å². The fourth-order valence-electron chi connectivity index (χ4n) is 2.85. The maximum absolute atomic E-state index is 11.9. The van der Waals surface area contributed by atoms with Crippen molar-refractivity contribution in [3.8, 4) is 11.5 Å². The summed E-state index contributed by atoms with van der Waals surface area (Å²) in [5, 5.41) is 6.79. The van der Waals surface area contributed by atoms with E-state index in [-0.39, 0.29) is 18.3 Å². The lowest BCUT2D eigenvalue weighted by Crippen LogP contribution is -2.24. The standard InChI is InChI=1S/C16H21ClN2O3.ClH/c17-13-7-12(8-14-16(13)22-6-5-21-14)10-19-15(20)2-1-11-3-4-18-9-11;/h7-8,11,18H,1-6,9-10H2,(H,19,20);1H. The minimum Gasteiger partial charge on any atom is -0.486 e. The van der Waals surface area contributed by atoms with Crippen LogP contribution in [0.2, 0.25) is 5.02 Å². The number of halogens is 2. The number of amides is 1. The number of benzene rings is 1. The van der Waals surface area contributed by atoms with Crippen LogP contribution in [0.5, 0.6) is 11.5 Å². The van der Waals surface area contributed by atoms with E-state index in [1.54, 1.807) is 0 Å². The third-order valence-corrected chi connectivity index (χ3v) is 4.37. The molecule has 2 aliphatic rings. The van der Waals surface area contributed by atoms with Crippen molar-refractivity contribution >= 4 is 29.9 Å². The van der Waals surface area contributed by atoms with Crippen LogP contribution in [0, 0.1) is 5.92 Å². The monoisotopic (exact) mass is 360 g/mol. The van der Waals surface area contributed by atoms with Gasteiger partial charge in [-0.3, -0.25) is 4.79 Å². The van der Waals surface area contributed by atoms with Crippen molar-refractivity contribution in [1.29, 1.82) is 0 Å². The molecule has 2 heterocycles. The molecule has 128 valence electrons. The van der Waals surface area contributed by atoms with E-state index in [0.29, 0.717) is 48.6 Å². The lowest BCUT2D eigenvalue weighted by Gasteiger charge is -2.20.